The number of hydrogen-bond acceptors (Lipinski definition) is 2. The molecule has 0 amide bonds. The van der Waals surface area contributed by atoms with Gasteiger partial charge in [0.25, 0.3) is 0 Å². The lowest BCUT2D eigenvalue weighted by molar-refractivity contribution is -0.133. The zero-order valence-electron chi connectivity index (χ0n) is 11.4. The van der Waals surface area contributed by atoms with E-state index in [0.29, 0.717) is 5.78 Å². The molecule has 0 spiro atoms. The van der Waals surface area contributed by atoms with E-state index in [-0.39, 0.29) is 10.8 Å². The van der Waals surface area contributed by atoms with E-state index in [1.165, 1.54) is 5.56 Å². The minimum absolute atomic E-state index is 0.00561. The summed E-state index contributed by atoms with van der Waals surface area (Å²) >= 11 is 0. The minimum atomic E-state index is -0.00561. The summed E-state index contributed by atoms with van der Waals surface area (Å²) in [6.07, 6.45) is 6.50. The number of benzene rings is 1. The first-order valence-corrected chi connectivity index (χ1v) is 7.12. The summed E-state index contributed by atoms with van der Waals surface area (Å²) in [6.45, 7) is 1.76. The van der Waals surface area contributed by atoms with E-state index in [1.54, 1.807) is 6.92 Å². The average molecular weight is 253 g/mol. The first-order valence-electron chi connectivity index (χ1n) is 7.12. The summed E-state index contributed by atoms with van der Waals surface area (Å²) in [5.41, 5.74) is 2.35. The molecule has 3 aliphatic rings. The third-order valence-corrected chi connectivity index (χ3v) is 5.62. The second-order valence-corrected chi connectivity index (χ2v) is 6.31. The van der Waals surface area contributed by atoms with E-state index in [2.05, 4.69) is 18.2 Å². The van der Waals surface area contributed by atoms with Gasteiger partial charge in [0.15, 0.2) is 0 Å². The zero-order chi connectivity index (χ0) is 13.5. The molecule has 0 aliphatic heterocycles. The molecule has 0 radical (unpaired) electrons. The van der Waals surface area contributed by atoms with Gasteiger partial charge in [0.2, 0.25) is 0 Å². The molecule has 98 valence electrons. The van der Waals surface area contributed by atoms with Gasteiger partial charge in [-0.25, -0.2) is 0 Å². The highest BCUT2D eigenvalue weighted by molar-refractivity contribution is 5.82. The second kappa shape index (κ2) is 4.20. The molecule has 2 bridgehead atoms. The van der Waals surface area contributed by atoms with Crippen LogP contribution in [0.25, 0.3) is 0 Å². The quantitative estimate of drug-likeness (QED) is 0.805. The Balaban J connectivity index is 1.87. The molecule has 0 unspecified atom stereocenters. The molecule has 2 heteroatoms. The van der Waals surface area contributed by atoms with Crippen LogP contribution in [-0.4, -0.2) is 5.78 Å². The minimum Gasteiger partial charge on any atom is -0.299 e. The van der Waals surface area contributed by atoms with Crippen molar-refractivity contribution in [2.75, 3.05) is 0 Å². The maximum absolute atomic E-state index is 11.9. The molecule has 0 heterocycles. The van der Waals surface area contributed by atoms with Gasteiger partial charge >= 0.3 is 0 Å². The van der Waals surface area contributed by atoms with Crippen LogP contribution in [0.1, 0.15) is 56.6 Å². The summed E-state index contributed by atoms with van der Waals surface area (Å²) in [4.78, 5) is 11.9. The number of nitriles is 1. The van der Waals surface area contributed by atoms with E-state index >= 15 is 0 Å². The fourth-order valence-corrected chi connectivity index (χ4v) is 4.05. The van der Waals surface area contributed by atoms with Crippen LogP contribution in [0.4, 0.5) is 0 Å². The maximum atomic E-state index is 11.9. The van der Waals surface area contributed by atoms with E-state index in [4.69, 9.17) is 5.26 Å². The summed E-state index contributed by atoms with van der Waals surface area (Å²) < 4.78 is 0. The van der Waals surface area contributed by atoms with Crippen molar-refractivity contribution in [3.05, 3.63) is 35.4 Å². The van der Waals surface area contributed by atoms with Gasteiger partial charge in [-0.2, -0.15) is 5.26 Å². The van der Waals surface area contributed by atoms with Crippen LogP contribution in [0.5, 0.6) is 0 Å². The Morgan fingerprint density at radius 3 is 2.00 bits per heavy atom. The molecule has 1 aromatic rings. The predicted octanol–water partition coefficient (Wildman–Crippen LogP) is 3.74. The Morgan fingerprint density at radius 1 is 1.05 bits per heavy atom. The highest BCUT2D eigenvalue weighted by Gasteiger charge is 2.51. The molecule has 1 aromatic carbocycles. The summed E-state index contributed by atoms with van der Waals surface area (Å²) in [5, 5.41) is 8.88. The second-order valence-electron chi connectivity index (χ2n) is 6.31. The Bertz CT molecular complexity index is 525. The molecule has 0 N–H and O–H groups in total. The van der Waals surface area contributed by atoms with E-state index in [0.717, 1.165) is 44.1 Å². The van der Waals surface area contributed by atoms with Crippen LogP contribution < -0.4 is 0 Å². The third kappa shape index (κ3) is 1.80. The number of carbonyl (C=O) groups is 1. The fraction of sp³-hybridized carbons (Fsp3) is 0.529. The molecule has 4 rings (SSSR count). The van der Waals surface area contributed by atoms with Crippen LogP contribution >= 0.6 is 0 Å². The predicted molar refractivity (Wildman–Crippen MR) is 73.7 cm³/mol. The van der Waals surface area contributed by atoms with Crippen LogP contribution in [0.2, 0.25) is 0 Å². The van der Waals surface area contributed by atoms with E-state index in [9.17, 15) is 4.79 Å². The van der Waals surface area contributed by atoms with E-state index < -0.39 is 0 Å². The number of fused-ring (bicyclic) bond motifs is 3. The Morgan fingerprint density at radius 2 is 1.58 bits per heavy atom. The van der Waals surface area contributed by atoms with Gasteiger partial charge in [-0.1, -0.05) is 12.1 Å². The molecule has 2 nitrogen and oxygen atoms in total. The Labute approximate surface area is 114 Å². The normalized spacial score (nSPS) is 32.8. The average Bonchev–Trinajstić information content (AvgIpc) is 2.49. The topological polar surface area (TPSA) is 40.9 Å². The summed E-state index contributed by atoms with van der Waals surface area (Å²) in [5.74, 6) is 0.389. The van der Waals surface area contributed by atoms with Crippen LogP contribution in [0.15, 0.2) is 24.3 Å². The van der Waals surface area contributed by atoms with Gasteiger partial charge in [-0.15, -0.1) is 0 Å². The van der Waals surface area contributed by atoms with Gasteiger partial charge in [-0.05, 0) is 68.6 Å². The highest BCUT2D eigenvalue weighted by Crippen LogP contribution is 2.57. The molecule has 3 saturated carbocycles. The first-order chi connectivity index (χ1) is 9.10. The number of Topliss-reactive ketones (excluding diaryl/α,β-unsaturated/α-hetero) is 1. The molecule has 0 saturated heterocycles. The number of carbonyl (C=O) groups excluding carboxylic acids is 1. The van der Waals surface area contributed by atoms with Crippen molar-refractivity contribution in [3.8, 4) is 6.07 Å². The van der Waals surface area contributed by atoms with Gasteiger partial charge in [0, 0.05) is 5.41 Å². The van der Waals surface area contributed by atoms with Crippen LogP contribution in [0.3, 0.4) is 0 Å². The number of nitrogens with zero attached hydrogens (tertiary/aromatic N) is 1. The number of rotatable bonds is 2. The van der Waals surface area contributed by atoms with Crippen molar-refractivity contribution in [2.45, 2.75) is 50.9 Å². The van der Waals surface area contributed by atoms with Gasteiger partial charge in [0.05, 0.1) is 11.6 Å². The first kappa shape index (κ1) is 12.4. The van der Waals surface area contributed by atoms with Crippen molar-refractivity contribution in [2.24, 2.45) is 5.41 Å². The zero-order valence-corrected chi connectivity index (χ0v) is 11.4. The molecular formula is C17H19NO. The standard InChI is InChI=1S/C17H19NO/c1-13(19)16-6-9-17(10-7-16,11-8-16)15-4-2-14(12-18)3-5-15/h2-5H,6-11H2,1H3. The van der Waals surface area contributed by atoms with E-state index in [1.807, 2.05) is 12.1 Å². The Hall–Kier alpha value is -1.62. The van der Waals surface area contributed by atoms with Crippen LogP contribution in [0, 0.1) is 16.7 Å². The van der Waals surface area contributed by atoms with Gasteiger partial charge in [0.1, 0.15) is 5.78 Å². The smallest absolute Gasteiger partial charge is 0.135 e. The molecule has 3 fully saturated rings. The molecular weight excluding hydrogens is 234 g/mol. The molecule has 3 aliphatic carbocycles. The van der Waals surface area contributed by atoms with Crippen molar-refractivity contribution in [1.82, 2.24) is 0 Å². The monoisotopic (exact) mass is 253 g/mol. The molecule has 19 heavy (non-hydrogen) atoms. The fourth-order valence-electron chi connectivity index (χ4n) is 4.05. The van der Waals surface area contributed by atoms with Gasteiger partial charge < -0.3 is 0 Å². The lowest BCUT2D eigenvalue weighted by atomic mass is 9.51. The molecule has 0 atom stereocenters. The largest absolute Gasteiger partial charge is 0.299 e. The molecule has 0 aromatic heterocycles. The maximum Gasteiger partial charge on any atom is 0.135 e. The van der Waals surface area contributed by atoms with Crippen LogP contribution in [-0.2, 0) is 10.2 Å². The summed E-state index contributed by atoms with van der Waals surface area (Å²) in [6, 6.07) is 10.2. The van der Waals surface area contributed by atoms with Crippen molar-refractivity contribution < 1.29 is 4.79 Å². The Kier molecular flexibility index (Phi) is 2.74. The SMILES string of the molecule is CC(=O)C12CCC(c3ccc(C#N)cc3)(CC1)CC2. The number of hydrogen-bond donors (Lipinski definition) is 0. The van der Waals surface area contributed by atoms with Crippen molar-refractivity contribution in [1.29, 1.82) is 5.26 Å². The van der Waals surface area contributed by atoms with Gasteiger partial charge in [-0.3, -0.25) is 4.79 Å². The summed E-state index contributed by atoms with van der Waals surface area (Å²) in [7, 11) is 0. The lowest BCUT2D eigenvalue weighted by Crippen LogP contribution is -2.47. The van der Waals surface area contributed by atoms with Crippen molar-refractivity contribution >= 4 is 5.78 Å². The number of ketones is 1. The lowest BCUT2D eigenvalue weighted by Gasteiger charge is -2.52. The highest BCUT2D eigenvalue weighted by atomic mass is 16.1. The third-order valence-electron chi connectivity index (χ3n) is 5.62. The van der Waals surface area contributed by atoms with Crippen molar-refractivity contribution in [3.63, 3.8) is 0 Å².